The highest BCUT2D eigenvalue weighted by Gasteiger charge is 2.29. The molecule has 0 saturated heterocycles. The summed E-state index contributed by atoms with van der Waals surface area (Å²) in [4.78, 5) is 0.605. The van der Waals surface area contributed by atoms with Gasteiger partial charge >= 0.3 is 0 Å². The normalized spacial score (nSPS) is 12.8. The molecule has 0 unspecified atom stereocenters. The van der Waals surface area contributed by atoms with Crippen molar-refractivity contribution in [3.8, 4) is 16.9 Å². The number of hydrogen-bond acceptors (Lipinski definition) is 4. The molecule has 9 heteroatoms. The molecule has 0 saturated carbocycles. The van der Waals surface area contributed by atoms with Crippen LogP contribution in [-0.4, -0.2) is 26.3 Å². The van der Waals surface area contributed by atoms with Crippen molar-refractivity contribution in [3.05, 3.63) is 99.9 Å². The number of rotatable bonds is 7. The van der Waals surface area contributed by atoms with Gasteiger partial charge in [0.15, 0.2) is 5.82 Å². The maximum absolute atomic E-state index is 6.26. The van der Waals surface area contributed by atoms with E-state index in [-0.39, 0.29) is 0 Å². The van der Waals surface area contributed by atoms with Crippen LogP contribution in [0.4, 0.5) is 11.4 Å². The molecule has 0 aliphatic carbocycles. The quantitative estimate of drug-likeness (QED) is 0.193. The minimum absolute atomic E-state index is 0.580. The molecule has 0 amide bonds. The Kier molecular flexibility index (Phi) is 7.21. The molecule has 0 fully saturated rings. The Hall–Kier alpha value is -3.52. The van der Waals surface area contributed by atoms with E-state index in [1.165, 1.54) is 5.56 Å². The summed E-state index contributed by atoms with van der Waals surface area (Å²) in [6, 6.07) is 23.4. The van der Waals surface area contributed by atoms with Crippen LogP contribution in [0.15, 0.2) is 72.8 Å². The lowest BCUT2D eigenvalue weighted by Gasteiger charge is -2.12. The maximum atomic E-state index is 6.26. The van der Waals surface area contributed by atoms with E-state index >= 15 is 0 Å². The molecule has 2 aromatic heterocycles. The Morgan fingerprint density at radius 2 is 1.59 bits per heavy atom. The lowest BCUT2D eigenvalue weighted by atomic mass is 9.98. The van der Waals surface area contributed by atoms with Gasteiger partial charge in [-0.1, -0.05) is 47.6 Å². The Bertz CT molecular complexity index is 1640. The molecule has 1 aliphatic heterocycles. The molecule has 0 spiro atoms. The lowest BCUT2D eigenvalue weighted by Crippen LogP contribution is -2.15. The first-order chi connectivity index (χ1) is 19.0. The highest BCUT2D eigenvalue weighted by molar-refractivity contribution is 7.81. The van der Waals surface area contributed by atoms with Crippen molar-refractivity contribution in [2.45, 2.75) is 32.4 Å². The van der Waals surface area contributed by atoms with Crippen LogP contribution < -0.4 is 15.4 Å². The third kappa shape index (κ3) is 5.10. The molecule has 6 nitrogen and oxygen atoms in total. The molecule has 0 radical (unpaired) electrons. The van der Waals surface area contributed by atoms with Crippen molar-refractivity contribution < 1.29 is 4.74 Å². The number of anilines is 2. The number of halogens is 2. The molecular weight excluding hydrogens is 549 g/mol. The maximum Gasteiger partial charge on any atom is 0.150 e. The average molecular weight is 577 g/mol. The SMILES string of the molecule is COc1ccc(NC(=S)c2c(-c3ccc(Cl)cc3)c3c4n(c(CNc5ccc(Cl)cc5)nn24)CCCC3)cc1. The van der Waals surface area contributed by atoms with E-state index in [0.717, 1.165) is 71.2 Å². The van der Waals surface area contributed by atoms with Crippen molar-refractivity contribution in [1.82, 2.24) is 14.2 Å². The number of ether oxygens (including phenoxy) is 1. The zero-order chi connectivity index (χ0) is 26.9. The monoisotopic (exact) mass is 575 g/mol. The van der Waals surface area contributed by atoms with Gasteiger partial charge in [-0.15, -0.1) is 0 Å². The molecule has 5 aromatic rings. The average Bonchev–Trinajstić information content (AvgIpc) is 3.35. The van der Waals surface area contributed by atoms with Gasteiger partial charge in [0.25, 0.3) is 0 Å². The number of aromatic nitrogens is 3. The zero-order valence-electron chi connectivity index (χ0n) is 21.4. The number of aryl methyl sites for hydroxylation is 2. The van der Waals surface area contributed by atoms with Crippen LogP contribution in [0.1, 0.15) is 29.9 Å². The fraction of sp³-hybridized carbons (Fsp3) is 0.200. The first-order valence-electron chi connectivity index (χ1n) is 12.9. The minimum atomic E-state index is 0.580. The van der Waals surface area contributed by atoms with Crippen molar-refractivity contribution in [2.75, 3.05) is 17.7 Å². The van der Waals surface area contributed by atoms with Crippen LogP contribution in [0.5, 0.6) is 5.75 Å². The van der Waals surface area contributed by atoms with E-state index in [1.54, 1.807) is 7.11 Å². The van der Waals surface area contributed by atoms with E-state index in [2.05, 4.69) is 27.3 Å². The second kappa shape index (κ2) is 10.9. The second-order valence-corrected chi connectivity index (χ2v) is 10.8. The Labute approximate surface area is 242 Å². The van der Waals surface area contributed by atoms with Gasteiger partial charge in [0.1, 0.15) is 22.1 Å². The Morgan fingerprint density at radius 3 is 2.28 bits per heavy atom. The van der Waals surface area contributed by atoms with E-state index in [9.17, 15) is 0 Å². The number of nitrogens with one attached hydrogen (secondary N) is 2. The summed E-state index contributed by atoms with van der Waals surface area (Å²) >= 11 is 18.4. The van der Waals surface area contributed by atoms with Crippen molar-refractivity contribution >= 4 is 57.4 Å². The summed E-state index contributed by atoms with van der Waals surface area (Å²) in [6.07, 6.45) is 3.12. The first-order valence-corrected chi connectivity index (χ1v) is 14.0. The predicted octanol–water partition coefficient (Wildman–Crippen LogP) is 7.85. The molecule has 198 valence electrons. The van der Waals surface area contributed by atoms with Crippen LogP contribution >= 0.6 is 35.4 Å². The number of hydrogen-bond donors (Lipinski definition) is 2. The molecule has 1 aliphatic rings. The number of nitrogens with zero attached hydrogens (tertiary/aromatic N) is 3. The fourth-order valence-corrected chi connectivity index (χ4v) is 5.74. The van der Waals surface area contributed by atoms with Gasteiger partial charge < -0.3 is 19.9 Å². The smallest absolute Gasteiger partial charge is 0.150 e. The summed E-state index contributed by atoms with van der Waals surface area (Å²) in [5.74, 6) is 1.75. The first kappa shape index (κ1) is 25.7. The lowest BCUT2D eigenvalue weighted by molar-refractivity contribution is 0.415. The Morgan fingerprint density at radius 1 is 0.923 bits per heavy atom. The third-order valence-electron chi connectivity index (χ3n) is 7.05. The molecule has 3 heterocycles. The van der Waals surface area contributed by atoms with Crippen molar-refractivity contribution in [2.24, 2.45) is 0 Å². The number of methoxy groups -OCH3 is 1. The molecule has 6 rings (SSSR count). The largest absolute Gasteiger partial charge is 0.497 e. The van der Waals surface area contributed by atoms with Crippen LogP contribution in [-0.2, 0) is 19.5 Å². The van der Waals surface area contributed by atoms with Gasteiger partial charge in [0, 0.05) is 39.1 Å². The molecular formula is C30H27Cl2N5OS. The van der Waals surface area contributed by atoms with Gasteiger partial charge in [-0.25, -0.2) is 4.52 Å². The minimum Gasteiger partial charge on any atom is -0.497 e. The molecule has 0 bridgehead atoms. The van der Waals surface area contributed by atoms with Gasteiger partial charge in [-0.2, -0.15) is 5.10 Å². The van der Waals surface area contributed by atoms with Gasteiger partial charge in [0.2, 0.25) is 0 Å². The number of benzene rings is 3. The fourth-order valence-electron chi connectivity index (χ4n) is 5.19. The van der Waals surface area contributed by atoms with Crippen molar-refractivity contribution in [3.63, 3.8) is 0 Å². The summed E-state index contributed by atoms with van der Waals surface area (Å²) in [5, 5.41) is 13.5. The molecule has 0 atom stereocenters. The standard InChI is InChI=1S/C30H27Cl2N5OS/c1-38-24-15-13-23(14-16-24)34-29(39)28-27(19-5-7-20(31)8-6-19)25-4-2-3-17-36-26(35-37(28)30(25)36)18-33-22-11-9-21(32)10-12-22/h5-16,33H,2-4,17-18H2,1H3,(H,34,39). The van der Waals surface area contributed by atoms with Crippen LogP contribution in [0.25, 0.3) is 16.8 Å². The van der Waals surface area contributed by atoms with E-state index < -0.39 is 0 Å². The third-order valence-corrected chi connectivity index (χ3v) is 7.85. The van der Waals surface area contributed by atoms with Gasteiger partial charge in [-0.05, 0) is 85.5 Å². The van der Waals surface area contributed by atoms with E-state index in [4.69, 9.17) is 45.3 Å². The number of thiocarbonyl (C=S) groups is 1. The highest BCUT2D eigenvalue weighted by atomic mass is 35.5. The summed E-state index contributed by atoms with van der Waals surface area (Å²) in [5.41, 5.74) is 7.29. The van der Waals surface area contributed by atoms with E-state index in [0.29, 0.717) is 21.6 Å². The van der Waals surface area contributed by atoms with Crippen molar-refractivity contribution in [1.29, 1.82) is 0 Å². The zero-order valence-corrected chi connectivity index (χ0v) is 23.7. The van der Waals surface area contributed by atoms with E-state index in [1.807, 2.05) is 65.2 Å². The summed E-state index contributed by atoms with van der Waals surface area (Å²) < 4.78 is 9.68. The predicted molar refractivity (Wildman–Crippen MR) is 164 cm³/mol. The molecule has 2 N–H and O–H groups in total. The summed E-state index contributed by atoms with van der Waals surface area (Å²) in [7, 11) is 1.66. The topological polar surface area (TPSA) is 55.5 Å². The summed E-state index contributed by atoms with van der Waals surface area (Å²) in [6.45, 7) is 1.48. The Balaban J connectivity index is 1.46. The van der Waals surface area contributed by atoms with Crippen LogP contribution in [0.3, 0.4) is 0 Å². The van der Waals surface area contributed by atoms with Gasteiger partial charge in [0.05, 0.1) is 13.7 Å². The second-order valence-electron chi connectivity index (χ2n) is 9.51. The van der Waals surface area contributed by atoms with Crippen LogP contribution in [0, 0.1) is 0 Å². The van der Waals surface area contributed by atoms with Gasteiger partial charge in [-0.3, -0.25) is 0 Å². The van der Waals surface area contributed by atoms with Crippen LogP contribution in [0.2, 0.25) is 10.0 Å². The molecule has 3 aromatic carbocycles. The molecule has 39 heavy (non-hydrogen) atoms. The highest BCUT2D eigenvalue weighted by Crippen LogP contribution is 2.38.